The molecular formula is C15H22O2. The van der Waals surface area contributed by atoms with Crippen LogP contribution in [0.15, 0.2) is 22.8 Å². The Bertz CT molecular complexity index is 343. The molecule has 0 spiro atoms. The second-order valence-corrected chi connectivity index (χ2v) is 5.66. The van der Waals surface area contributed by atoms with E-state index in [1.807, 2.05) is 12.1 Å². The minimum atomic E-state index is 0.295. The topological polar surface area (TPSA) is 30.2 Å². The number of hydrogen-bond acceptors (Lipinski definition) is 2. The van der Waals surface area contributed by atoms with Crippen LogP contribution >= 0.6 is 0 Å². The van der Waals surface area contributed by atoms with Crippen LogP contribution in [0.2, 0.25) is 0 Å². The van der Waals surface area contributed by atoms with Crippen molar-refractivity contribution in [1.29, 1.82) is 0 Å². The lowest BCUT2D eigenvalue weighted by Crippen LogP contribution is -2.26. The largest absolute Gasteiger partial charge is 0.469 e. The van der Waals surface area contributed by atoms with Crippen LogP contribution in [-0.4, -0.2) is 5.78 Å². The van der Waals surface area contributed by atoms with Crippen molar-refractivity contribution in [3.8, 4) is 0 Å². The predicted octanol–water partition coefficient (Wildman–Crippen LogP) is 3.85. The Hall–Kier alpha value is -1.05. The normalized spacial score (nSPS) is 29.2. The first-order chi connectivity index (χ1) is 8.15. The minimum Gasteiger partial charge on any atom is -0.469 e. The molecule has 1 heterocycles. The Balaban J connectivity index is 1.83. The van der Waals surface area contributed by atoms with Gasteiger partial charge in [0.15, 0.2) is 0 Å². The molecule has 0 amide bonds. The maximum Gasteiger partial charge on any atom is 0.136 e. The van der Waals surface area contributed by atoms with Gasteiger partial charge in [-0.15, -0.1) is 0 Å². The predicted molar refractivity (Wildman–Crippen MR) is 67.7 cm³/mol. The van der Waals surface area contributed by atoms with Crippen LogP contribution < -0.4 is 0 Å². The highest BCUT2D eigenvalue weighted by Crippen LogP contribution is 2.34. The highest BCUT2D eigenvalue weighted by Gasteiger charge is 2.28. The maximum atomic E-state index is 12.1. The van der Waals surface area contributed by atoms with Crippen LogP contribution in [0.4, 0.5) is 0 Å². The van der Waals surface area contributed by atoms with Gasteiger partial charge in [0.25, 0.3) is 0 Å². The van der Waals surface area contributed by atoms with Gasteiger partial charge < -0.3 is 4.42 Å². The summed E-state index contributed by atoms with van der Waals surface area (Å²) in [7, 11) is 0. The summed E-state index contributed by atoms with van der Waals surface area (Å²) in [5.74, 6) is 3.06. The molecule has 0 aliphatic heterocycles. The van der Waals surface area contributed by atoms with E-state index in [9.17, 15) is 4.79 Å². The monoisotopic (exact) mass is 234 g/mol. The molecule has 1 aliphatic rings. The Morgan fingerprint density at radius 2 is 2.00 bits per heavy atom. The fraction of sp³-hybridized carbons (Fsp3) is 0.667. The Labute approximate surface area is 103 Å². The Morgan fingerprint density at radius 1 is 1.29 bits per heavy atom. The molecule has 1 saturated carbocycles. The summed E-state index contributed by atoms with van der Waals surface area (Å²) >= 11 is 0. The summed E-state index contributed by atoms with van der Waals surface area (Å²) in [6, 6.07) is 3.82. The molecule has 0 saturated heterocycles. The highest BCUT2D eigenvalue weighted by molar-refractivity contribution is 5.81. The lowest BCUT2D eigenvalue weighted by Gasteiger charge is -2.30. The van der Waals surface area contributed by atoms with Crippen molar-refractivity contribution in [2.45, 2.75) is 46.0 Å². The van der Waals surface area contributed by atoms with Crippen molar-refractivity contribution in [3.63, 3.8) is 0 Å². The molecule has 1 aliphatic carbocycles. The van der Waals surface area contributed by atoms with Crippen molar-refractivity contribution in [3.05, 3.63) is 24.2 Å². The number of hydrogen-bond donors (Lipinski definition) is 0. The SMILES string of the molecule is CC1CC(C)CC(C(=O)CCc2ccco2)C1. The number of furan rings is 1. The van der Waals surface area contributed by atoms with E-state index in [1.165, 1.54) is 6.42 Å². The molecule has 0 bridgehead atoms. The first-order valence-electron chi connectivity index (χ1n) is 6.70. The van der Waals surface area contributed by atoms with Crippen LogP contribution in [0.1, 0.15) is 45.3 Å². The molecule has 94 valence electrons. The number of aryl methyl sites for hydroxylation is 1. The third kappa shape index (κ3) is 3.45. The van der Waals surface area contributed by atoms with E-state index in [0.29, 0.717) is 30.0 Å². The van der Waals surface area contributed by atoms with E-state index in [0.717, 1.165) is 25.0 Å². The second-order valence-electron chi connectivity index (χ2n) is 5.66. The quantitative estimate of drug-likeness (QED) is 0.792. The standard InChI is InChI=1S/C15H22O2/c1-11-8-12(2)10-13(9-11)15(16)6-5-14-4-3-7-17-14/h3-4,7,11-13H,5-6,8-10H2,1-2H3. The van der Waals surface area contributed by atoms with E-state index < -0.39 is 0 Å². The zero-order valence-electron chi connectivity index (χ0n) is 10.8. The van der Waals surface area contributed by atoms with Gasteiger partial charge in [0.05, 0.1) is 6.26 Å². The zero-order chi connectivity index (χ0) is 12.3. The van der Waals surface area contributed by atoms with Crippen molar-refractivity contribution >= 4 is 5.78 Å². The summed E-state index contributed by atoms with van der Waals surface area (Å²) < 4.78 is 5.26. The Kier molecular flexibility index (Phi) is 4.03. The molecule has 1 aromatic heterocycles. The van der Waals surface area contributed by atoms with Crippen molar-refractivity contribution < 1.29 is 9.21 Å². The number of Topliss-reactive ketones (excluding diaryl/α,β-unsaturated/α-hetero) is 1. The lowest BCUT2D eigenvalue weighted by atomic mass is 9.74. The van der Waals surface area contributed by atoms with Crippen LogP contribution in [0.25, 0.3) is 0 Å². The van der Waals surface area contributed by atoms with Crippen LogP contribution in [0.3, 0.4) is 0 Å². The van der Waals surface area contributed by atoms with Crippen LogP contribution in [0, 0.1) is 17.8 Å². The van der Waals surface area contributed by atoms with E-state index in [-0.39, 0.29) is 0 Å². The molecule has 0 radical (unpaired) electrons. The number of rotatable bonds is 4. The van der Waals surface area contributed by atoms with Gasteiger partial charge in [0, 0.05) is 18.8 Å². The molecular weight excluding hydrogens is 212 g/mol. The third-order valence-electron chi connectivity index (χ3n) is 3.83. The van der Waals surface area contributed by atoms with E-state index in [2.05, 4.69) is 13.8 Å². The number of carbonyl (C=O) groups excluding carboxylic acids is 1. The number of ketones is 1. The Morgan fingerprint density at radius 3 is 2.59 bits per heavy atom. The number of carbonyl (C=O) groups is 1. The molecule has 2 atom stereocenters. The maximum absolute atomic E-state index is 12.1. The van der Waals surface area contributed by atoms with Crippen molar-refractivity contribution in [1.82, 2.24) is 0 Å². The van der Waals surface area contributed by atoms with Crippen LogP contribution in [0.5, 0.6) is 0 Å². The van der Waals surface area contributed by atoms with Gasteiger partial charge in [-0.25, -0.2) is 0 Å². The van der Waals surface area contributed by atoms with E-state index in [1.54, 1.807) is 6.26 Å². The summed E-state index contributed by atoms with van der Waals surface area (Å²) in [5.41, 5.74) is 0. The molecule has 2 nitrogen and oxygen atoms in total. The molecule has 2 unspecified atom stereocenters. The minimum absolute atomic E-state index is 0.295. The van der Waals surface area contributed by atoms with Gasteiger partial charge in [-0.2, -0.15) is 0 Å². The van der Waals surface area contributed by atoms with E-state index in [4.69, 9.17) is 4.42 Å². The molecule has 0 N–H and O–H groups in total. The van der Waals surface area contributed by atoms with Crippen molar-refractivity contribution in [2.75, 3.05) is 0 Å². The average molecular weight is 234 g/mol. The fourth-order valence-corrected chi connectivity index (χ4v) is 3.12. The second kappa shape index (κ2) is 5.52. The van der Waals surface area contributed by atoms with Gasteiger partial charge in [-0.05, 0) is 43.2 Å². The molecule has 2 heteroatoms. The highest BCUT2D eigenvalue weighted by atomic mass is 16.3. The summed E-state index contributed by atoms with van der Waals surface area (Å²) in [4.78, 5) is 12.1. The van der Waals surface area contributed by atoms with Gasteiger partial charge in [-0.3, -0.25) is 4.79 Å². The lowest BCUT2D eigenvalue weighted by molar-refractivity contribution is -0.124. The smallest absolute Gasteiger partial charge is 0.136 e. The average Bonchev–Trinajstić information content (AvgIpc) is 2.77. The van der Waals surface area contributed by atoms with Gasteiger partial charge in [0.1, 0.15) is 11.5 Å². The van der Waals surface area contributed by atoms with Gasteiger partial charge in [0.2, 0.25) is 0 Å². The summed E-state index contributed by atoms with van der Waals surface area (Å²) in [6.45, 7) is 4.53. The van der Waals surface area contributed by atoms with Gasteiger partial charge >= 0.3 is 0 Å². The van der Waals surface area contributed by atoms with Crippen molar-refractivity contribution in [2.24, 2.45) is 17.8 Å². The van der Waals surface area contributed by atoms with E-state index >= 15 is 0 Å². The van der Waals surface area contributed by atoms with Crippen LogP contribution in [-0.2, 0) is 11.2 Å². The summed E-state index contributed by atoms with van der Waals surface area (Å²) in [5, 5.41) is 0. The third-order valence-corrected chi connectivity index (χ3v) is 3.83. The summed E-state index contributed by atoms with van der Waals surface area (Å²) in [6.07, 6.45) is 6.51. The fourth-order valence-electron chi connectivity index (χ4n) is 3.12. The molecule has 17 heavy (non-hydrogen) atoms. The zero-order valence-corrected chi connectivity index (χ0v) is 10.8. The molecule has 1 fully saturated rings. The molecule has 0 aromatic carbocycles. The molecule has 2 rings (SSSR count). The first kappa shape index (κ1) is 12.4. The van der Waals surface area contributed by atoms with Gasteiger partial charge in [-0.1, -0.05) is 13.8 Å². The molecule has 1 aromatic rings. The first-order valence-corrected chi connectivity index (χ1v) is 6.70.